The monoisotopic (exact) mass is 555 g/mol. The minimum atomic E-state index is -0.207. The van der Waals surface area contributed by atoms with Gasteiger partial charge in [0, 0.05) is 88.1 Å². The zero-order valence-electron chi connectivity index (χ0n) is 24.5. The molecule has 214 valence electrons. The van der Waals surface area contributed by atoms with Crippen molar-refractivity contribution in [3.63, 3.8) is 0 Å². The number of urea groups is 1. The Hall–Kier alpha value is -4.67. The Bertz CT molecular complexity index is 1550. The van der Waals surface area contributed by atoms with Gasteiger partial charge in [0.05, 0.1) is 5.69 Å². The first-order valence-corrected chi connectivity index (χ1v) is 13.8. The summed E-state index contributed by atoms with van der Waals surface area (Å²) < 4.78 is 3.98. The average molecular weight is 556 g/mol. The lowest BCUT2D eigenvalue weighted by molar-refractivity contribution is 0.0944. The molecule has 5 rings (SSSR count). The molecule has 1 aromatic carbocycles. The first kappa shape index (κ1) is 27.9. The van der Waals surface area contributed by atoms with Gasteiger partial charge < -0.3 is 25.0 Å². The number of carbonyl (C=O) groups excluding carboxylic acids is 2. The number of fused-ring (bicyclic) bond motifs is 1. The molecule has 4 aromatic rings. The molecule has 0 saturated carbocycles. The van der Waals surface area contributed by atoms with Crippen LogP contribution in [0.25, 0.3) is 11.4 Å². The maximum atomic E-state index is 13.4. The van der Waals surface area contributed by atoms with Crippen molar-refractivity contribution in [2.45, 2.75) is 46.3 Å². The lowest BCUT2D eigenvalue weighted by atomic mass is 10.0. The van der Waals surface area contributed by atoms with Crippen molar-refractivity contribution in [3.05, 3.63) is 77.0 Å². The molecule has 1 aliphatic heterocycles. The van der Waals surface area contributed by atoms with Crippen LogP contribution in [0.15, 0.2) is 48.8 Å². The van der Waals surface area contributed by atoms with E-state index in [-0.39, 0.29) is 18.0 Å². The van der Waals surface area contributed by atoms with E-state index in [4.69, 9.17) is 10.1 Å². The summed E-state index contributed by atoms with van der Waals surface area (Å²) in [4.78, 5) is 38.3. The highest BCUT2D eigenvalue weighted by Crippen LogP contribution is 2.29. The van der Waals surface area contributed by atoms with Gasteiger partial charge in [0.1, 0.15) is 11.6 Å². The Labute approximate surface area is 240 Å². The minimum absolute atomic E-state index is 0.139. The zero-order chi connectivity index (χ0) is 29.3. The van der Waals surface area contributed by atoms with Gasteiger partial charge in [0.2, 0.25) is 0 Å². The number of hydrogen-bond donors (Lipinski definition) is 2. The molecule has 0 aliphatic carbocycles. The summed E-state index contributed by atoms with van der Waals surface area (Å²) in [5, 5.41) is 10.6. The molecule has 11 heteroatoms. The number of amides is 3. The highest BCUT2D eigenvalue weighted by molar-refractivity contribution is 5.94. The van der Waals surface area contributed by atoms with Gasteiger partial charge in [0.25, 0.3) is 5.91 Å². The highest BCUT2D eigenvalue weighted by Gasteiger charge is 2.29. The SMILES string of the molecule is Cc1cn(C)c(-c2ccc(N3CCc4c(c(C(=O)NCc5ccc(NC(=O)N(C)C)cc5)nn4C(C)C)C3)nc2)n1. The molecule has 0 saturated heterocycles. The maximum Gasteiger partial charge on any atom is 0.321 e. The van der Waals surface area contributed by atoms with Crippen molar-refractivity contribution < 1.29 is 9.59 Å². The fourth-order valence-electron chi connectivity index (χ4n) is 5.05. The summed E-state index contributed by atoms with van der Waals surface area (Å²) in [5.74, 6) is 1.53. The molecule has 0 fully saturated rings. The summed E-state index contributed by atoms with van der Waals surface area (Å²) in [6, 6.07) is 11.4. The summed E-state index contributed by atoms with van der Waals surface area (Å²) in [5.41, 5.74) is 6.04. The first-order valence-electron chi connectivity index (χ1n) is 13.8. The van der Waals surface area contributed by atoms with E-state index in [0.717, 1.165) is 52.7 Å². The van der Waals surface area contributed by atoms with Crippen molar-refractivity contribution in [2.24, 2.45) is 7.05 Å². The number of rotatable bonds is 7. The van der Waals surface area contributed by atoms with Gasteiger partial charge in [-0.1, -0.05) is 12.1 Å². The molecule has 0 bridgehead atoms. The van der Waals surface area contributed by atoms with Gasteiger partial charge in [0.15, 0.2) is 5.69 Å². The second-order valence-electron chi connectivity index (χ2n) is 10.9. The van der Waals surface area contributed by atoms with E-state index in [0.29, 0.717) is 24.5 Å². The minimum Gasteiger partial charge on any atom is -0.352 e. The number of hydrogen-bond acceptors (Lipinski definition) is 6. The van der Waals surface area contributed by atoms with Gasteiger partial charge in [-0.05, 0) is 50.6 Å². The molecule has 3 aromatic heterocycles. The van der Waals surface area contributed by atoms with Crippen LogP contribution in [0.1, 0.15) is 52.9 Å². The fraction of sp³-hybridized carbons (Fsp3) is 0.367. The fourth-order valence-corrected chi connectivity index (χ4v) is 5.05. The number of aromatic nitrogens is 5. The molecular formula is C30H37N9O2. The van der Waals surface area contributed by atoms with E-state index in [1.807, 2.05) is 72.0 Å². The Morgan fingerprint density at radius 3 is 2.46 bits per heavy atom. The van der Waals surface area contributed by atoms with Crippen LogP contribution in [-0.4, -0.2) is 61.8 Å². The highest BCUT2D eigenvalue weighted by atomic mass is 16.2. The third-order valence-electron chi connectivity index (χ3n) is 7.18. The number of imidazole rings is 1. The number of nitrogens with one attached hydrogen (secondary N) is 2. The molecule has 2 N–H and O–H groups in total. The molecule has 0 unspecified atom stereocenters. The van der Waals surface area contributed by atoms with Crippen LogP contribution in [0.5, 0.6) is 0 Å². The molecule has 0 radical (unpaired) electrons. The number of nitrogens with zero attached hydrogens (tertiary/aromatic N) is 7. The summed E-state index contributed by atoms with van der Waals surface area (Å²) in [6.07, 6.45) is 4.63. The van der Waals surface area contributed by atoms with E-state index in [9.17, 15) is 9.59 Å². The van der Waals surface area contributed by atoms with Crippen LogP contribution in [0, 0.1) is 6.92 Å². The summed E-state index contributed by atoms with van der Waals surface area (Å²) in [6.45, 7) is 7.83. The van der Waals surface area contributed by atoms with Crippen LogP contribution in [0.4, 0.5) is 16.3 Å². The summed E-state index contributed by atoms with van der Waals surface area (Å²) >= 11 is 0. The van der Waals surface area contributed by atoms with Crippen LogP contribution in [-0.2, 0) is 26.6 Å². The Morgan fingerprint density at radius 1 is 1.10 bits per heavy atom. The van der Waals surface area contributed by atoms with Crippen molar-refractivity contribution in [3.8, 4) is 11.4 Å². The standard InChI is InChI=1S/C30H37N9O2/c1-19(2)39-25-13-14-38(26-12-9-22(16-31-26)28-33-20(3)17-37(28)6)18-24(25)27(35-39)29(40)32-15-21-7-10-23(11-8-21)34-30(41)36(4)5/h7-12,16-17,19H,13-15,18H2,1-6H3,(H,32,40)(H,34,41). The quantitative estimate of drug-likeness (QED) is 0.354. The largest absolute Gasteiger partial charge is 0.352 e. The Kier molecular flexibility index (Phi) is 7.78. The van der Waals surface area contributed by atoms with Crippen LogP contribution >= 0.6 is 0 Å². The topological polar surface area (TPSA) is 113 Å². The number of pyridine rings is 1. The van der Waals surface area contributed by atoms with Crippen LogP contribution in [0.3, 0.4) is 0 Å². The molecule has 0 atom stereocenters. The van der Waals surface area contributed by atoms with Gasteiger partial charge in [-0.15, -0.1) is 0 Å². The van der Waals surface area contributed by atoms with Gasteiger partial charge in [-0.2, -0.15) is 5.10 Å². The predicted octanol–water partition coefficient (Wildman–Crippen LogP) is 4.15. The van der Waals surface area contributed by atoms with Crippen molar-refractivity contribution in [1.29, 1.82) is 0 Å². The zero-order valence-corrected chi connectivity index (χ0v) is 24.5. The van der Waals surface area contributed by atoms with Crippen LogP contribution in [0.2, 0.25) is 0 Å². The third-order valence-corrected chi connectivity index (χ3v) is 7.18. The molecular weight excluding hydrogens is 518 g/mol. The van der Waals surface area contributed by atoms with E-state index in [2.05, 4.69) is 34.4 Å². The van der Waals surface area contributed by atoms with E-state index < -0.39 is 0 Å². The lowest BCUT2D eigenvalue weighted by Gasteiger charge is -2.29. The smallest absolute Gasteiger partial charge is 0.321 e. The number of aryl methyl sites for hydroxylation is 2. The van der Waals surface area contributed by atoms with Crippen LogP contribution < -0.4 is 15.5 Å². The molecule has 1 aliphatic rings. The summed E-state index contributed by atoms with van der Waals surface area (Å²) in [7, 11) is 5.36. The third kappa shape index (κ3) is 5.93. The van der Waals surface area contributed by atoms with E-state index in [1.165, 1.54) is 4.90 Å². The van der Waals surface area contributed by atoms with Gasteiger partial charge in [-0.3, -0.25) is 9.48 Å². The molecule has 3 amide bonds. The Balaban J connectivity index is 1.30. The molecule has 0 spiro atoms. The van der Waals surface area contributed by atoms with Gasteiger partial charge >= 0.3 is 6.03 Å². The number of carbonyl (C=O) groups is 2. The number of benzene rings is 1. The molecule has 4 heterocycles. The number of anilines is 2. The molecule has 41 heavy (non-hydrogen) atoms. The van der Waals surface area contributed by atoms with Crippen molar-refractivity contribution in [1.82, 2.24) is 34.5 Å². The van der Waals surface area contributed by atoms with Gasteiger partial charge in [-0.25, -0.2) is 14.8 Å². The first-order chi connectivity index (χ1) is 19.6. The lowest BCUT2D eigenvalue weighted by Crippen LogP contribution is -2.33. The van der Waals surface area contributed by atoms with Crippen molar-refractivity contribution in [2.75, 3.05) is 30.9 Å². The second-order valence-corrected chi connectivity index (χ2v) is 10.9. The van der Waals surface area contributed by atoms with E-state index in [1.54, 1.807) is 14.1 Å². The van der Waals surface area contributed by atoms with E-state index >= 15 is 0 Å². The maximum absolute atomic E-state index is 13.4. The normalized spacial score (nSPS) is 12.8. The average Bonchev–Trinajstić information content (AvgIpc) is 3.51. The second kappa shape index (κ2) is 11.4. The van der Waals surface area contributed by atoms with Crippen molar-refractivity contribution >= 4 is 23.4 Å². The molecule has 11 nitrogen and oxygen atoms in total. The Morgan fingerprint density at radius 2 is 1.85 bits per heavy atom. The predicted molar refractivity (Wildman–Crippen MR) is 159 cm³/mol.